The van der Waals surface area contributed by atoms with Crippen molar-refractivity contribution in [3.8, 4) is 6.07 Å². The van der Waals surface area contributed by atoms with Gasteiger partial charge >= 0.3 is 0 Å². The van der Waals surface area contributed by atoms with E-state index in [9.17, 15) is 10.1 Å². The zero-order valence-electron chi connectivity index (χ0n) is 17.1. The van der Waals surface area contributed by atoms with Crippen LogP contribution in [0.3, 0.4) is 0 Å². The topological polar surface area (TPSA) is 70.1 Å². The van der Waals surface area contributed by atoms with Crippen molar-refractivity contribution in [3.63, 3.8) is 0 Å². The fourth-order valence-corrected chi connectivity index (χ4v) is 4.64. The van der Waals surface area contributed by atoms with Gasteiger partial charge in [-0.2, -0.15) is 5.26 Å². The Labute approximate surface area is 171 Å². The number of para-hydroxylation sites is 1. The van der Waals surface area contributed by atoms with E-state index in [1.54, 1.807) is 0 Å². The van der Waals surface area contributed by atoms with Crippen LogP contribution in [0.2, 0.25) is 0 Å². The molecule has 0 bridgehead atoms. The molecule has 0 saturated heterocycles. The number of aryl methyl sites for hydroxylation is 3. The molecule has 2 aromatic carbocycles. The lowest BCUT2D eigenvalue weighted by Gasteiger charge is -2.40. The molecule has 1 heterocycles. The van der Waals surface area contributed by atoms with Crippen LogP contribution < -0.4 is 10.6 Å². The van der Waals surface area contributed by atoms with Gasteiger partial charge < -0.3 is 5.73 Å². The van der Waals surface area contributed by atoms with Crippen LogP contribution >= 0.6 is 0 Å². The summed E-state index contributed by atoms with van der Waals surface area (Å²) in [6.45, 7) is 6.11. The molecule has 29 heavy (non-hydrogen) atoms. The Bertz CT molecular complexity index is 1120. The SMILES string of the molecule is Cc1ccc(C2C(C#N)=C(N)N(c3ccccc3C)C3=C2C(=O)CCC3)c(C)c1. The standard InChI is InChI=1S/C25H25N3O/c1-15-11-12-18(17(3)13-15)23-19(14-26)25(27)28(20-8-5-4-7-16(20)2)21-9-6-10-22(29)24(21)23/h4-5,7-8,11-13,23H,6,9-10,27H2,1-3H3. The first-order chi connectivity index (χ1) is 13.9. The minimum Gasteiger partial charge on any atom is -0.384 e. The summed E-state index contributed by atoms with van der Waals surface area (Å²) in [5.41, 5.74) is 14.0. The van der Waals surface area contributed by atoms with Crippen molar-refractivity contribution in [3.05, 3.63) is 87.4 Å². The highest BCUT2D eigenvalue weighted by Crippen LogP contribution is 2.47. The van der Waals surface area contributed by atoms with Crippen LogP contribution in [0.4, 0.5) is 5.69 Å². The van der Waals surface area contributed by atoms with Crippen molar-refractivity contribution < 1.29 is 4.79 Å². The molecule has 2 aliphatic rings. The highest BCUT2D eigenvalue weighted by atomic mass is 16.1. The van der Waals surface area contributed by atoms with Crippen LogP contribution in [-0.4, -0.2) is 5.78 Å². The molecule has 4 nitrogen and oxygen atoms in total. The Morgan fingerprint density at radius 2 is 1.83 bits per heavy atom. The van der Waals surface area contributed by atoms with Gasteiger partial charge in [0, 0.05) is 17.7 Å². The monoisotopic (exact) mass is 383 g/mol. The Hall–Kier alpha value is -3.32. The first-order valence-corrected chi connectivity index (χ1v) is 10.0. The van der Waals surface area contributed by atoms with Gasteiger partial charge in [0.1, 0.15) is 5.82 Å². The van der Waals surface area contributed by atoms with E-state index in [0.717, 1.165) is 52.1 Å². The normalized spacial score (nSPS) is 19.3. The second kappa shape index (κ2) is 7.25. The maximum absolute atomic E-state index is 13.2. The number of Topliss-reactive ketones (excluding diaryl/α,β-unsaturated/α-hetero) is 1. The van der Waals surface area contributed by atoms with Gasteiger partial charge in [0.15, 0.2) is 5.78 Å². The van der Waals surface area contributed by atoms with Crippen LogP contribution in [0.5, 0.6) is 0 Å². The Morgan fingerprint density at radius 3 is 2.52 bits per heavy atom. The third-order valence-corrected chi connectivity index (χ3v) is 6.01. The lowest BCUT2D eigenvalue weighted by molar-refractivity contribution is -0.116. The van der Waals surface area contributed by atoms with E-state index < -0.39 is 5.92 Å². The molecule has 0 fully saturated rings. The lowest BCUT2D eigenvalue weighted by Crippen LogP contribution is -2.39. The summed E-state index contributed by atoms with van der Waals surface area (Å²) >= 11 is 0. The number of nitrogens with two attached hydrogens (primary N) is 1. The van der Waals surface area contributed by atoms with Crippen molar-refractivity contribution >= 4 is 11.5 Å². The van der Waals surface area contributed by atoms with Crippen LogP contribution in [-0.2, 0) is 4.79 Å². The molecule has 4 heteroatoms. The van der Waals surface area contributed by atoms with Gasteiger partial charge in [0.25, 0.3) is 0 Å². The number of nitriles is 1. The lowest BCUT2D eigenvalue weighted by atomic mass is 9.74. The zero-order chi connectivity index (χ0) is 20.7. The average molecular weight is 383 g/mol. The predicted octanol–water partition coefficient (Wildman–Crippen LogP) is 4.92. The van der Waals surface area contributed by atoms with E-state index >= 15 is 0 Å². The second-order valence-electron chi connectivity index (χ2n) is 7.96. The molecular formula is C25H25N3O. The van der Waals surface area contributed by atoms with Crippen molar-refractivity contribution in [1.29, 1.82) is 5.26 Å². The molecule has 0 spiro atoms. The van der Waals surface area contributed by atoms with Gasteiger partial charge in [-0.1, -0.05) is 42.0 Å². The molecule has 2 aromatic rings. The largest absolute Gasteiger partial charge is 0.384 e. The van der Waals surface area contributed by atoms with Crippen molar-refractivity contribution in [2.45, 2.75) is 46.0 Å². The molecule has 0 amide bonds. The first-order valence-electron chi connectivity index (χ1n) is 10.0. The third-order valence-electron chi connectivity index (χ3n) is 6.01. The minimum atomic E-state index is -0.399. The summed E-state index contributed by atoms with van der Waals surface area (Å²) < 4.78 is 0. The maximum atomic E-state index is 13.2. The van der Waals surface area contributed by atoms with Crippen molar-refractivity contribution in [2.75, 3.05) is 4.90 Å². The molecular weight excluding hydrogens is 358 g/mol. The second-order valence-corrected chi connectivity index (χ2v) is 7.96. The smallest absolute Gasteiger partial charge is 0.161 e. The van der Waals surface area contributed by atoms with Gasteiger partial charge in [0.2, 0.25) is 0 Å². The minimum absolute atomic E-state index is 0.120. The highest BCUT2D eigenvalue weighted by Gasteiger charge is 2.40. The van der Waals surface area contributed by atoms with Crippen molar-refractivity contribution in [1.82, 2.24) is 0 Å². The molecule has 1 aliphatic heterocycles. The number of allylic oxidation sites excluding steroid dienone is 3. The van der Waals surface area contributed by atoms with Gasteiger partial charge in [-0.3, -0.25) is 9.69 Å². The summed E-state index contributed by atoms with van der Waals surface area (Å²) in [7, 11) is 0. The van der Waals surface area contributed by atoms with E-state index in [1.165, 1.54) is 0 Å². The number of benzene rings is 2. The van der Waals surface area contributed by atoms with E-state index in [2.05, 4.69) is 12.1 Å². The summed E-state index contributed by atoms with van der Waals surface area (Å²) in [6.07, 6.45) is 2.09. The third kappa shape index (κ3) is 3.03. The van der Waals surface area contributed by atoms with Crippen molar-refractivity contribution in [2.24, 2.45) is 5.73 Å². The molecule has 1 atom stereocenters. The average Bonchev–Trinajstić information content (AvgIpc) is 2.69. The first kappa shape index (κ1) is 19.0. The van der Waals surface area contributed by atoms with E-state index in [1.807, 2.05) is 62.1 Å². The predicted molar refractivity (Wildman–Crippen MR) is 115 cm³/mol. The number of anilines is 1. The molecule has 0 radical (unpaired) electrons. The highest BCUT2D eigenvalue weighted by molar-refractivity contribution is 6.01. The Kier molecular flexibility index (Phi) is 4.76. The number of ketones is 1. The number of nitrogens with zero attached hydrogens (tertiary/aromatic N) is 2. The van der Waals surface area contributed by atoms with Gasteiger partial charge in [-0.25, -0.2) is 0 Å². The fourth-order valence-electron chi connectivity index (χ4n) is 4.64. The van der Waals surface area contributed by atoms with Crippen LogP contribution in [0.25, 0.3) is 0 Å². The van der Waals surface area contributed by atoms with E-state index in [-0.39, 0.29) is 5.78 Å². The van der Waals surface area contributed by atoms with E-state index in [4.69, 9.17) is 5.73 Å². The molecule has 146 valence electrons. The molecule has 4 rings (SSSR count). The van der Waals surface area contributed by atoms with Gasteiger partial charge in [-0.15, -0.1) is 0 Å². The summed E-state index contributed by atoms with van der Waals surface area (Å²) in [4.78, 5) is 15.1. The summed E-state index contributed by atoms with van der Waals surface area (Å²) in [5.74, 6) is 0.152. The number of carbonyl (C=O) groups excluding carboxylic acids is 1. The Morgan fingerprint density at radius 1 is 1.07 bits per heavy atom. The number of carbonyl (C=O) groups is 1. The molecule has 0 aromatic heterocycles. The van der Waals surface area contributed by atoms with Gasteiger partial charge in [-0.05, 0) is 56.4 Å². The van der Waals surface area contributed by atoms with Crippen LogP contribution in [0.15, 0.2) is 65.1 Å². The molecule has 0 saturated carbocycles. The quantitative estimate of drug-likeness (QED) is 0.799. The van der Waals surface area contributed by atoms with Crippen LogP contribution in [0, 0.1) is 32.1 Å². The Balaban J connectivity index is 2.01. The van der Waals surface area contributed by atoms with Crippen LogP contribution in [0.1, 0.15) is 47.4 Å². The number of hydrogen-bond donors (Lipinski definition) is 1. The molecule has 1 aliphatic carbocycles. The maximum Gasteiger partial charge on any atom is 0.161 e. The summed E-state index contributed by atoms with van der Waals surface area (Å²) in [6, 6.07) is 16.5. The zero-order valence-corrected chi connectivity index (χ0v) is 17.1. The van der Waals surface area contributed by atoms with Gasteiger partial charge in [0.05, 0.1) is 23.2 Å². The van der Waals surface area contributed by atoms with E-state index in [0.29, 0.717) is 17.8 Å². The molecule has 2 N–H and O–H groups in total. The number of hydrogen-bond acceptors (Lipinski definition) is 4. The fraction of sp³-hybridized carbons (Fsp3) is 0.280. The summed E-state index contributed by atoms with van der Waals surface area (Å²) in [5, 5.41) is 10.1. The number of rotatable bonds is 2. The molecule has 1 unspecified atom stereocenters.